The Morgan fingerprint density at radius 3 is 2.55 bits per heavy atom. The first-order chi connectivity index (χ1) is 9.56. The molecule has 2 N–H and O–H groups in total. The zero-order chi connectivity index (χ0) is 15.0. The van der Waals surface area contributed by atoms with Gasteiger partial charge in [0, 0.05) is 18.2 Å². The Bertz CT molecular complexity index is 395. The van der Waals surface area contributed by atoms with Crippen molar-refractivity contribution < 1.29 is 19.3 Å². The van der Waals surface area contributed by atoms with Gasteiger partial charge in [-0.15, -0.1) is 0 Å². The van der Waals surface area contributed by atoms with Crippen LogP contribution in [0.2, 0.25) is 0 Å². The average molecular weight is 283 g/mol. The summed E-state index contributed by atoms with van der Waals surface area (Å²) in [5.41, 5.74) is 0.899. The summed E-state index contributed by atoms with van der Waals surface area (Å²) in [5, 5.41) is 12.9. The summed E-state index contributed by atoms with van der Waals surface area (Å²) in [4.78, 5) is 0. The lowest BCUT2D eigenvalue weighted by Gasteiger charge is -2.15. The van der Waals surface area contributed by atoms with Crippen LogP contribution in [-0.2, 0) is 11.3 Å². The largest absolute Gasteiger partial charge is 0.497 e. The molecule has 0 fully saturated rings. The summed E-state index contributed by atoms with van der Waals surface area (Å²) < 4.78 is 16.0. The number of hydrogen-bond acceptors (Lipinski definition) is 5. The molecule has 5 nitrogen and oxygen atoms in total. The second-order valence-corrected chi connectivity index (χ2v) is 4.91. The summed E-state index contributed by atoms with van der Waals surface area (Å²) >= 11 is 0. The first-order valence-electron chi connectivity index (χ1n) is 6.77. The van der Waals surface area contributed by atoms with Crippen LogP contribution in [0.1, 0.15) is 19.4 Å². The minimum absolute atomic E-state index is 0.278. The molecule has 0 spiro atoms. The normalized spacial score (nSPS) is 12.5. The Kier molecular flexibility index (Phi) is 7.36. The van der Waals surface area contributed by atoms with Crippen LogP contribution in [0.5, 0.6) is 11.5 Å². The van der Waals surface area contributed by atoms with Gasteiger partial charge in [-0.2, -0.15) is 0 Å². The van der Waals surface area contributed by atoms with Crippen LogP contribution in [0, 0.1) is 0 Å². The van der Waals surface area contributed by atoms with E-state index >= 15 is 0 Å². The Hall–Kier alpha value is -1.30. The molecule has 20 heavy (non-hydrogen) atoms. The fraction of sp³-hybridized carbons (Fsp3) is 0.600. The van der Waals surface area contributed by atoms with Gasteiger partial charge < -0.3 is 24.6 Å². The van der Waals surface area contributed by atoms with Gasteiger partial charge in [-0.3, -0.25) is 0 Å². The lowest BCUT2D eigenvalue weighted by atomic mass is 10.2. The Labute approximate surface area is 120 Å². The highest BCUT2D eigenvalue weighted by Gasteiger charge is 2.08. The molecule has 1 aromatic rings. The van der Waals surface area contributed by atoms with Crippen molar-refractivity contribution in [3.05, 3.63) is 23.8 Å². The number of aliphatic hydroxyl groups excluding tert-OH is 1. The van der Waals surface area contributed by atoms with E-state index in [2.05, 4.69) is 5.32 Å². The van der Waals surface area contributed by atoms with Crippen LogP contribution >= 0.6 is 0 Å². The molecule has 0 aliphatic rings. The smallest absolute Gasteiger partial charge is 0.124 e. The third-order valence-electron chi connectivity index (χ3n) is 2.82. The highest BCUT2D eigenvalue weighted by Crippen LogP contribution is 2.24. The van der Waals surface area contributed by atoms with E-state index in [1.165, 1.54) is 0 Å². The molecule has 0 aliphatic heterocycles. The van der Waals surface area contributed by atoms with Crippen molar-refractivity contribution >= 4 is 0 Å². The van der Waals surface area contributed by atoms with Crippen molar-refractivity contribution in [3.8, 4) is 11.5 Å². The number of benzene rings is 1. The molecule has 1 rings (SSSR count). The van der Waals surface area contributed by atoms with E-state index in [4.69, 9.17) is 14.2 Å². The van der Waals surface area contributed by atoms with Gasteiger partial charge in [0.2, 0.25) is 0 Å². The molecule has 0 saturated heterocycles. The summed E-state index contributed by atoms with van der Waals surface area (Å²) in [6.07, 6.45) is -0.519. The predicted octanol–water partition coefficient (Wildman–Crippen LogP) is 1.58. The summed E-state index contributed by atoms with van der Waals surface area (Å²) in [6.45, 7) is 5.25. The van der Waals surface area contributed by atoms with Gasteiger partial charge in [-0.1, -0.05) is 13.8 Å². The molecule has 0 aliphatic carbocycles. The van der Waals surface area contributed by atoms with Crippen LogP contribution in [0.4, 0.5) is 0 Å². The standard InChI is InChI=1S/C15H25NO4/c1-11(2)16-8-13(17)10-20-9-12-7-14(18-3)5-6-15(12)19-4/h5-7,11,13,16-17H,8-10H2,1-4H3/t13-/m0/s1. The SMILES string of the molecule is COc1ccc(OC)c(COC[C@@H](O)CNC(C)C)c1. The number of ether oxygens (including phenoxy) is 3. The molecule has 0 unspecified atom stereocenters. The number of methoxy groups -OCH3 is 2. The minimum Gasteiger partial charge on any atom is -0.497 e. The van der Waals surface area contributed by atoms with Crippen molar-refractivity contribution in [1.82, 2.24) is 5.32 Å². The monoisotopic (exact) mass is 283 g/mol. The maximum absolute atomic E-state index is 9.76. The van der Waals surface area contributed by atoms with Gasteiger partial charge in [0.15, 0.2) is 0 Å². The average Bonchev–Trinajstić information content (AvgIpc) is 2.45. The van der Waals surface area contributed by atoms with Crippen molar-refractivity contribution in [2.75, 3.05) is 27.4 Å². The van der Waals surface area contributed by atoms with Crippen LogP contribution in [0.3, 0.4) is 0 Å². The van der Waals surface area contributed by atoms with Crippen molar-refractivity contribution in [3.63, 3.8) is 0 Å². The maximum atomic E-state index is 9.76. The minimum atomic E-state index is -0.519. The first-order valence-corrected chi connectivity index (χ1v) is 6.77. The Morgan fingerprint density at radius 1 is 1.20 bits per heavy atom. The van der Waals surface area contributed by atoms with Crippen molar-refractivity contribution in [2.24, 2.45) is 0 Å². The molecular weight excluding hydrogens is 258 g/mol. The fourth-order valence-electron chi connectivity index (χ4n) is 1.73. The molecule has 5 heteroatoms. The summed E-state index contributed by atoms with van der Waals surface area (Å²) in [5.74, 6) is 1.51. The number of aliphatic hydroxyl groups is 1. The topological polar surface area (TPSA) is 60.0 Å². The highest BCUT2D eigenvalue weighted by atomic mass is 16.5. The van der Waals surface area contributed by atoms with E-state index in [1.807, 2.05) is 32.0 Å². The fourth-order valence-corrected chi connectivity index (χ4v) is 1.73. The molecule has 0 radical (unpaired) electrons. The van der Waals surface area contributed by atoms with Gasteiger partial charge >= 0.3 is 0 Å². The van der Waals surface area contributed by atoms with Gasteiger partial charge in [0.25, 0.3) is 0 Å². The summed E-state index contributed by atoms with van der Waals surface area (Å²) in [6, 6.07) is 5.90. The molecule has 0 heterocycles. The maximum Gasteiger partial charge on any atom is 0.124 e. The van der Waals surface area contributed by atoms with Crippen molar-refractivity contribution in [2.45, 2.75) is 32.6 Å². The second-order valence-electron chi connectivity index (χ2n) is 4.91. The van der Waals surface area contributed by atoms with Crippen LogP contribution < -0.4 is 14.8 Å². The lowest BCUT2D eigenvalue weighted by molar-refractivity contribution is 0.0274. The molecule has 0 aromatic heterocycles. The van der Waals surface area contributed by atoms with Gasteiger partial charge in [0.1, 0.15) is 11.5 Å². The Morgan fingerprint density at radius 2 is 1.95 bits per heavy atom. The quantitative estimate of drug-likeness (QED) is 0.720. The van der Waals surface area contributed by atoms with E-state index in [1.54, 1.807) is 14.2 Å². The van der Waals surface area contributed by atoms with E-state index < -0.39 is 6.10 Å². The van der Waals surface area contributed by atoms with Crippen LogP contribution in [-0.4, -0.2) is 44.6 Å². The van der Waals surface area contributed by atoms with Crippen molar-refractivity contribution in [1.29, 1.82) is 0 Å². The third-order valence-corrected chi connectivity index (χ3v) is 2.82. The van der Waals surface area contributed by atoms with E-state index in [9.17, 15) is 5.11 Å². The van der Waals surface area contributed by atoms with Gasteiger partial charge in [-0.05, 0) is 18.2 Å². The van der Waals surface area contributed by atoms with E-state index in [-0.39, 0.29) is 6.61 Å². The molecule has 0 amide bonds. The molecule has 1 aromatic carbocycles. The molecular formula is C15H25NO4. The predicted molar refractivity (Wildman–Crippen MR) is 78.3 cm³/mol. The van der Waals surface area contributed by atoms with E-state index in [0.29, 0.717) is 19.2 Å². The molecule has 0 saturated carbocycles. The number of nitrogens with one attached hydrogen (secondary N) is 1. The summed E-state index contributed by atoms with van der Waals surface area (Å²) in [7, 11) is 3.24. The van der Waals surface area contributed by atoms with Crippen LogP contribution in [0.15, 0.2) is 18.2 Å². The zero-order valence-corrected chi connectivity index (χ0v) is 12.7. The highest BCUT2D eigenvalue weighted by molar-refractivity contribution is 5.39. The second kappa shape index (κ2) is 8.79. The van der Waals surface area contributed by atoms with Crippen LogP contribution in [0.25, 0.3) is 0 Å². The molecule has 0 bridgehead atoms. The van der Waals surface area contributed by atoms with E-state index in [0.717, 1.165) is 17.1 Å². The third kappa shape index (κ3) is 5.77. The van der Waals surface area contributed by atoms with Gasteiger partial charge in [-0.25, -0.2) is 0 Å². The van der Waals surface area contributed by atoms with Gasteiger partial charge in [0.05, 0.1) is 33.5 Å². The lowest BCUT2D eigenvalue weighted by Crippen LogP contribution is -2.34. The first kappa shape index (κ1) is 16.8. The molecule has 1 atom stereocenters. The number of hydrogen-bond donors (Lipinski definition) is 2. The molecule has 114 valence electrons. The zero-order valence-electron chi connectivity index (χ0n) is 12.7. The number of rotatable bonds is 9. The Balaban J connectivity index is 2.44.